The van der Waals surface area contributed by atoms with Gasteiger partial charge in [0, 0.05) is 30.2 Å². The van der Waals surface area contributed by atoms with Crippen LogP contribution in [0, 0.1) is 5.41 Å². The summed E-state index contributed by atoms with van der Waals surface area (Å²) in [5.74, 6) is 0.584. The molecule has 0 radical (unpaired) electrons. The van der Waals surface area contributed by atoms with Crippen LogP contribution in [0.25, 0.3) is 0 Å². The summed E-state index contributed by atoms with van der Waals surface area (Å²) in [4.78, 5) is 8.79. The third kappa shape index (κ3) is 8.58. The van der Waals surface area contributed by atoms with E-state index < -0.39 is 0 Å². The van der Waals surface area contributed by atoms with Crippen molar-refractivity contribution in [1.82, 2.24) is 15.4 Å². The molecule has 0 spiro atoms. The lowest BCUT2D eigenvalue weighted by atomic mass is 9.87. The van der Waals surface area contributed by atoms with Crippen LogP contribution in [-0.2, 0) is 11.8 Å². The molecule has 0 aliphatic heterocycles. The molecular formula is C22H32N6. The molecule has 28 heavy (non-hydrogen) atoms. The molecule has 1 aromatic heterocycles. The number of nitrogens with one attached hydrogen (secondary N) is 3. The van der Waals surface area contributed by atoms with Gasteiger partial charge in [-0.2, -0.15) is 5.10 Å². The van der Waals surface area contributed by atoms with Crippen LogP contribution in [0.3, 0.4) is 0 Å². The van der Waals surface area contributed by atoms with Crippen molar-refractivity contribution < 1.29 is 0 Å². The standard InChI is InChI=1S/C20H27N5.C2H5N/c1-6-15(2)25-22-14-12-18-11-13-21-19(24-18)23-17-9-7-16(8-10-17)20(3,4)5;1-2-3/h7-11,13-14,25H,2,6,12H2,1,3-5H3,(H,21,23,24);2-3H,1H3/b22-14-;. The van der Waals surface area contributed by atoms with Crippen LogP contribution in [0.2, 0.25) is 0 Å². The Morgan fingerprint density at radius 3 is 2.43 bits per heavy atom. The number of hydrogen-bond donors (Lipinski definition) is 3. The van der Waals surface area contributed by atoms with E-state index in [1.165, 1.54) is 11.8 Å². The predicted octanol–water partition coefficient (Wildman–Crippen LogP) is 5.22. The molecule has 2 aromatic rings. The molecule has 0 saturated heterocycles. The average molecular weight is 381 g/mol. The summed E-state index contributed by atoms with van der Waals surface area (Å²) in [5.41, 5.74) is 7.09. The zero-order valence-corrected chi connectivity index (χ0v) is 17.6. The Labute approximate surface area is 168 Å². The van der Waals surface area contributed by atoms with Crippen molar-refractivity contribution in [2.75, 3.05) is 5.32 Å². The highest BCUT2D eigenvalue weighted by Gasteiger charge is 2.12. The second-order valence-corrected chi connectivity index (χ2v) is 7.20. The number of aromatic nitrogens is 2. The smallest absolute Gasteiger partial charge is 0.227 e. The Morgan fingerprint density at radius 2 is 1.86 bits per heavy atom. The Kier molecular flexibility index (Phi) is 9.57. The van der Waals surface area contributed by atoms with Crippen molar-refractivity contribution in [3.05, 3.63) is 60.1 Å². The fourth-order valence-electron chi connectivity index (χ4n) is 2.11. The van der Waals surface area contributed by atoms with Gasteiger partial charge in [0.15, 0.2) is 0 Å². The molecule has 6 heteroatoms. The zero-order valence-electron chi connectivity index (χ0n) is 17.6. The maximum absolute atomic E-state index is 6.08. The van der Waals surface area contributed by atoms with E-state index in [-0.39, 0.29) is 5.41 Å². The van der Waals surface area contributed by atoms with Crippen molar-refractivity contribution in [3.8, 4) is 0 Å². The Morgan fingerprint density at radius 1 is 1.21 bits per heavy atom. The van der Waals surface area contributed by atoms with E-state index in [0.29, 0.717) is 12.4 Å². The molecule has 0 unspecified atom stereocenters. The molecule has 6 nitrogen and oxygen atoms in total. The van der Waals surface area contributed by atoms with Crippen LogP contribution >= 0.6 is 0 Å². The third-order valence-corrected chi connectivity index (χ3v) is 3.76. The average Bonchev–Trinajstić information content (AvgIpc) is 2.66. The molecule has 0 bridgehead atoms. The first-order valence-corrected chi connectivity index (χ1v) is 9.40. The van der Waals surface area contributed by atoms with Crippen LogP contribution in [-0.4, -0.2) is 22.4 Å². The van der Waals surface area contributed by atoms with E-state index in [1.54, 1.807) is 19.3 Å². The van der Waals surface area contributed by atoms with Crippen molar-refractivity contribution in [3.63, 3.8) is 0 Å². The van der Waals surface area contributed by atoms with Gasteiger partial charge in [-0.25, -0.2) is 9.97 Å². The Bertz CT molecular complexity index is 772. The molecule has 0 amide bonds. The molecule has 0 atom stereocenters. The summed E-state index contributed by atoms with van der Waals surface area (Å²) in [5, 5.41) is 13.5. The predicted molar refractivity (Wildman–Crippen MR) is 120 cm³/mol. The van der Waals surface area contributed by atoms with Crippen LogP contribution in [0.15, 0.2) is 53.9 Å². The van der Waals surface area contributed by atoms with Crippen LogP contribution in [0.5, 0.6) is 0 Å². The van der Waals surface area contributed by atoms with Gasteiger partial charge in [-0.3, -0.25) is 5.43 Å². The maximum Gasteiger partial charge on any atom is 0.227 e. The summed E-state index contributed by atoms with van der Waals surface area (Å²) in [6.45, 7) is 14.1. The molecule has 1 heterocycles. The van der Waals surface area contributed by atoms with E-state index in [1.807, 2.05) is 13.0 Å². The first-order chi connectivity index (χ1) is 13.3. The van der Waals surface area contributed by atoms with Crippen molar-refractivity contribution >= 4 is 24.1 Å². The minimum Gasteiger partial charge on any atom is -0.324 e. The highest BCUT2D eigenvalue weighted by atomic mass is 15.3. The van der Waals surface area contributed by atoms with Crippen LogP contribution in [0.4, 0.5) is 11.6 Å². The van der Waals surface area contributed by atoms with E-state index in [4.69, 9.17) is 5.41 Å². The summed E-state index contributed by atoms with van der Waals surface area (Å²) in [7, 11) is 0. The zero-order chi connectivity index (χ0) is 21.0. The van der Waals surface area contributed by atoms with Crippen LogP contribution in [0.1, 0.15) is 52.3 Å². The Hall–Kier alpha value is -3.02. The van der Waals surface area contributed by atoms with E-state index >= 15 is 0 Å². The molecule has 150 valence electrons. The highest BCUT2D eigenvalue weighted by Crippen LogP contribution is 2.24. The maximum atomic E-state index is 6.08. The molecular weight excluding hydrogens is 348 g/mol. The molecule has 0 fully saturated rings. The van der Waals surface area contributed by atoms with E-state index in [2.05, 4.69) is 77.4 Å². The lowest BCUT2D eigenvalue weighted by molar-refractivity contribution is 0.590. The van der Waals surface area contributed by atoms with Crippen molar-refractivity contribution in [2.45, 2.75) is 52.9 Å². The largest absolute Gasteiger partial charge is 0.324 e. The minimum atomic E-state index is 0.144. The lowest BCUT2D eigenvalue weighted by Crippen LogP contribution is -2.10. The number of benzene rings is 1. The molecule has 3 N–H and O–H groups in total. The van der Waals surface area contributed by atoms with Gasteiger partial charge < -0.3 is 10.7 Å². The minimum absolute atomic E-state index is 0.144. The van der Waals surface area contributed by atoms with Gasteiger partial charge in [-0.05, 0) is 48.7 Å². The number of hydrazone groups is 1. The second kappa shape index (κ2) is 11.6. The normalized spacial score (nSPS) is 10.8. The fourth-order valence-corrected chi connectivity index (χ4v) is 2.11. The molecule has 0 aliphatic carbocycles. The molecule has 0 aliphatic rings. The van der Waals surface area contributed by atoms with Crippen molar-refractivity contribution in [1.29, 1.82) is 5.41 Å². The molecule has 0 saturated carbocycles. The van der Waals surface area contributed by atoms with Gasteiger partial charge in [-0.1, -0.05) is 46.4 Å². The number of rotatable bonds is 7. The monoisotopic (exact) mass is 380 g/mol. The van der Waals surface area contributed by atoms with Gasteiger partial charge >= 0.3 is 0 Å². The van der Waals surface area contributed by atoms with Gasteiger partial charge in [0.2, 0.25) is 5.95 Å². The highest BCUT2D eigenvalue weighted by molar-refractivity contribution is 5.61. The number of anilines is 2. The van der Waals surface area contributed by atoms with Gasteiger partial charge in [0.05, 0.1) is 5.69 Å². The topological polar surface area (TPSA) is 86.1 Å². The number of nitrogens with zero attached hydrogens (tertiary/aromatic N) is 3. The van der Waals surface area contributed by atoms with E-state index in [9.17, 15) is 0 Å². The third-order valence-electron chi connectivity index (χ3n) is 3.76. The SMILES string of the molecule is C=C(CC)N/N=C\Cc1ccnc(Nc2ccc(C(C)(C)C)cc2)n1.CC=N. The summed E-state index contributed by atoms with van der Waals surface area (Å²) in [6.07, 6.45) is 6.27. The summed E-state index contributed by atoms with van der Waals surface area (Å²) >= 11 is 0. The van der Waals surface area contributed by atoms with Gasteiger partial charge in [0.25, 0.3) is 0 Å². The first-order valence-electron chi connectivity index (χ1n) is 9.40. The van der Waals surface area contributed by atoms with Crippen LogP contribution < -0.4 is 10.7 Å². The van der Waals surface area contributed by atoms with Crippen molar-refractivity contribution in [2.24, 2.45) is 5.10 Å². The summed E-state index contributed by atoms with van der Waals surface area (Å²) in [6, 6.07) is 10.3. The number of allylic oxidation sites excluding steroid dienone is 1. The second-order valence-electron chi connectivity index (χ2n) is 7.20. The quantitative estimate of drug-likeness (QED) is 0.454. The Balaban J connectivity index is 0.00000122. The van der Waals surface area contributed by atoms with Gasteiger partial charge in [0.1, 0.15) is 0 Å². The fraction of sp³-hybridized carbons (Fsp3) is 0.364. The first kappa shape index (κ1) is 23.0. The van der Waals surface area contributed by atoms with E-state index in [0.717, 1.165) is 23.5 Å². The lowest BCUT2D eigenvalue weighted by Gasteiger charge is -2.19. The molecule has 1 aromatic carbocycles. The molecule has 2 rings (SSSR count). The summed E-state index contributed by atoms with van der Waals surface area (Å²) < 4.78 is 0. The van der Waals surface area contributed by atoms with Gasteiger partial charge in [-0.15, -0.1) is 0 Å². The number of hydrogen-bond acceptors (Lipinski definition) is 6.